The van der Waals surface area contributed by atoms with Crippen molar-refractivity contribution in [2.75, 3.05) is 6.61 Å². The van der Waals surface area contributed by atoms with Crippen LogP contribution in [0.2, 0.25) is 0 Å². The molecular weight excluding hydrogens is 326 g/mol. The summed E-state index contributed by atoms with van der Waals surface area (Å²) >= 11 is 3.51. The van der Waals surface area contributed by atoms with Gasteiger partial charge in [-0.25, -0.2) is 0 Å². The first kappa shape index (κ1) is 15.8. The van der Waals surface area contributed by atoms with Crippen LogP contribution >= 0.6 is 15.9 Å². The zero-order valence-electron chi connectivity index (χ0n) is 12.2. The first-order valence-corrected chi connectivity index (χ1v) is 7.80. The van der Waals surface area contributed by atoms with Crippen LogP contribution in [-0.2, 0) is 6.54 Å². The fourth-order valence-corrected chi connectivity index (χ4v) is 2.44. The van der Waals surface area contributed by atoms with Gasteiger partial charge < -0.3 is 10.1 Å². The Balaban J connectivity index is 1.89. The fourth-order valence-electron chi connectivity index (χ4n) is 2.02. The second kappa shape index (κ2) is 8.01. The maximum absolute atomic E-state index is 5.47. The van der Waals surface area contributed by atoms with E-state index in [4.69, 9.17) is 4.74 Å². The third-order valence-electron chi connectivity index (χ3n) is 3.25. The Hall–Kier alpha value is -1.58. The van der Waals surface area contributed by atoms with Crippen molar-refractivity contribution in [1.82, 2.24) is 5.32 Å². The van der Waals surface area contributed by atoms with Gasteiger partial charge >= 0.3 is 0 Å². The quantitative estimate of drug-likeness (QED) is 0.723. The van der Waals surface area contributed by atoms with E-state index in [1.807, 2.05) is 18.2 Å². The average molecular weight is 346 g/mol. The summed E-state index contributed by atoms with van der Waals surface area (Å²) in [6.45, 7) is 7.18. The molecule has 1 atom stereocenters. The maximum atomic E-state index is 5.47. The molecule has 0 saturated carbocycles. The lowest BCUT2D eigenvalue weighted by Gasteiger charge is -2.15. The highest BCUT2D eigenvalue weighted by atomic mass is 79.9. The highest BCUT2D eigenvalue weighted by molar-refractivity contribution is 9.10. The van der Waals surface area contributed by atoms with Gasteiger partial charge in [0.1, 0.15) is 12.4 Å². The van der Waals surface area contributed by atoms with Crippen LogP contribution < -0.4 is 10.1 Å². The van der Waals surface area contributed by atoms with Gasteiger partial charge in [0, 0.05) is 17.1 Å². The average Bonchev–Trinajstić information content (AvgIpc) is 2.51. The maximum Gasteiger partial charge on any atom is 0.119 e. The van der Waals surface area contributed by atoms with Crippen molar-refractivity contribution in [1.29, 1.82) is 0 Å². The molecule has 2 aromatic carbocycles. The molecule has 0 radical (unpaired) electrons. The lowest BCUT2D eigenvalue weighted by atomic mass is 10.1. The van der Waals surface area contributed by atoms with Crippen LogP contribution in [0.15, 0.2) is 65.7 Å². The summed E-state index contributed by atoms with van der Waals surface area (Å²) in [5, 5.41) is 3.53. The van der Waals surface area contributed by atoms with E-state index in [9.17, 15) is 0 Å². The van der Waals surface area contributed by atoms with E-state index in [1.165, 1.54) is 11.1 Å². The van der Waals surface area contributed by atoms with E-state index in [1.54, 1.807) is 6.08 Å². The predicted molar refractivity (Wildman–Crippen MR) is 91.5 cm³/mol. The van der Waals surface area contributed by atoms with Crippen molar-refractivity contribution in [3.8, 4) is 5.75 Å². The molecule has 0 spiro atoms. The molecule has 110 valence electrons. The van der Waals surface area contributed by atoms with E-state index in [0.29, 0.717) is 12.6 Å². The Morgan fingerprint density at radius 1 is 1.24 bits per heavy atom. The Morgan fingerprint density at radius 3 is 2.67 bits per heavy atom. The first-order valence-electron chi connectivity index (χ1n) is 7.00. The number of halogens is 1. The molecule has 2 aromatic rings. The first-order chi connectivity index (χ1) is 10.2. The van der Waals surface area contributed by atoms with Crippen LogP contribution in [0.5, 0.6) is 5.75 Å². The molecule has 2 nitrogen and oxygen atoms in total. The van der Waals surface area contributed by atoms with Crippen LogP contribution in [0.1, 0.15) is 24.1 Å². The summed E-state index contributed by atoms with van der Waals surface area (Å²) in [7, 11) is 0. The molecule has 0 unspecified atom stereocenters. The minimum Gasteiger partial charge on any atom is -0.490 e. The zero-order valence-corrected chi connectivity index (χ0v) is 13.8. The standard InChI is InChI=1S/C18H20BrNO/c1-3-11-21-18-9-7-15(8-10-18)13-20-14(2)16-5-4-6-17(19)12-16/h3-10,12,14,20H,1,11,13H2,2H3/t14-/m1/s1. The lowest BCUT2D eigenvalue weighted by Crippen LogP contribution is -2.18. The SMILES string of the molecule is C=CCOc1ccc(CN[C@H](C)c2cccc(Br)c2)cc1. The van der Waals surface area contributed by atoms with E-state index in [0.717, 1.165) is 16.8 Å². The molecule has 1 N–H and O–H groups in total. The highest BCUT2D eigenvalue weighted by Gasteiger charge is 2.05. The summed E-state index contributed by atoms with van der Waals surface area (Å²) in [5.41, 5.74) is 2.51. The molecule has 0 bridgehead atoms. The summed E-state index contributed by atoms with van der Waals surface area (Å²) in [4.78, 5) is 0. The van der Waals surface area contributed by atoms with Gasteiger partial charge in [-0.05, 0) is 42.3 Å². The summed E-state index contributed by atoms with van der Waals surface area (Å²) in [6.07, 6.45) is 1.75. The number of nitrogens with one attached hydrogen (secondary N) is 1. The third-order valence-corrected chi connectivity index (χ3v) is 3.75. The van der Waals surface area contributed by atoms with Crippen molar-refractivity contribution < 1.29 is 4.74 Å². The minimum atomic E-state index is 0.305. The van der Waals surface area contributed by atoms with E-state index < -0.39 is 0 Å². The number of hydrogen-bond acceptors (Lipinski definition) is 2. The molecule has 0 aliphatic rings. The van der Waals surface area contributed by atoms with Gasteiger partial charge in [0.25, 0.3) is 0 Å². The van der Waals surface area contributed by atoms with Gasteiger partial charge in [-0.2, -0.15) is 0 Å². The lowest BCUT2D eigenvalue weighted by molar-refractivity contribution is 0.363. The van der Waals surface area contributed by atoms with Gasteiger partial charge in [0.15, 0.2) is 0 Å². The summed E-state index contributed by atoms with van der Waals surface area (Å²) < 4.78 is 6.58. The summed E-state index contributed by atoms with van der Waals surface area (Å²) in [6, 6.07) is 16.8. The second-order valence-electron chi connectivity index (χ2n) is 4.90. The molecule has 0 fully saturated rings. The smallest absolute Gasteiger partial charge is 0.119 e. The highest BCUT2D eigenvalue weighted by Crippen LogP contribution is 2.19. The fraction of sp³-hybridized carbons (Fsp3) is 0.222. The molecule has 0 heterocycles. The summed E-state index contributed by atoms with van der Waals surface area (Å²) in [5.74, 6) is 0.874. The number of hydrogen-bond donors (Lipinski definition) is 1. The van der Waals surface area contributed by atoms with Gasteiger partial charge in [-0.3, -0.25) is 0 Å². The van der Waals surface area contributed by atoms with Crippen LogP contribution in [0.3, 0.4) is 0 Å². The van der Waals surface area contributed by atoms with Crippen molar-refractivity contribution in [3.63, 3.8) is 0 Å². The number of rotatable bonds is 7. The monoisotopic (exact) mass is 345 g/mol. The Bertz CT molecular complexity index is 580. The van der Waals surface area contributed by atoms with Gasteiger partial charge in [0.2, 0.25) is 0 Å². The molecule has 0 amide bonds. The van der Waals surface area contributed by atoms with Gasteiger partial charge in [-0.1, -0.05) is 52.9 Å². The predicted octanol–water partition coefficient (Wildman–Crippen LogP) is 4.86. The van der Waals surface area contributed by atoms with Gasteiger partial charge in [-0.15, -0.1) is 0 Å². The number of benzene rings is 2. The molecule has 0 aliphatic carbocycles. The van der Waals surface area contributed by atoms with Crippen molar-refractivity contribution in [2.24, 2.45) is 0 Å². The van der Waals surface area contributed by atoms with Crippen LogP contribution in [0.25, 0.3) is 0 Å². The molecule has 3 heteroatoms. The normalized spacial score (nSPS) is 11.9. The van der Waals surface area contributed by atoms with Crippen LogP contribution in [0, 0.1) is 0 Å². The Labute approximate surface area is 135 Å². The van der Waals surface area contributed by atoms with Gasteiger partial charge in [0.05, 0.1) is 0 Å². The Morgan fingerprint density at radius 2 is 2.00 bits per heavy atom. The molecule has 0 aromatic heterocycles. The molecular formula is C18H20BrNO. The molecule has 0 aliphatic heterocycles. The number of ether oxygens (including phenoxy) is 1. The van der Waals surface area contributed by atoms with Crippen molar-refractivity contribution >= 4 is 15.9 Å². The zero-order chi connectivity index (χ0) is 15.1. The van der Waals surface area contributed by atoms with Crippen molar-refractivity contribution in [3.05, 3.63) is 76.8 Å². The third kappa shape index (κ3) is 5.03. The van der Waals surface area contributed by atoms with Crippen LogP contribution in [-0.4, -0.2) is 6.61 Å². The molecule has 2 rings (SSSR count). The Kier molecular flexibility index (Phi) is 6.03. The topological polar surface area (TPSA) is 21.3 Å². The largest absolute Gasteiger partial charge is 0.490 e. The van der Waals surface area contributed by atoms with E-state index in [-0.39, 0.29) is 0 Å². The minimum absolute atomic E-state index is 0.305. The molecule has 21 heavy (non-hydrogen) atoms. The van der Waals surface area contributed by atoms with E-state index in [2.05, 4.69) is 65.1 Å². The second-order valence-corrected chi connectivity index (χ2v) is 5.82. The molecule has 0 saturated heterocycles. The van der Waals surface area contributed by atoms with E-state index >= 15 is 0 Å². The van der Waals surface area contributed by atoms with Crippen molar-refractivity contribution in [2.45, 2.75) is 19.5 Å². The van der Waals surface area contributed by atoms with Crippen LogP contribution in [0.4, 0.5) is 0 Å².